The van der Waals surface area contributed by atoms with E-state index in [1.807, 2.05) is 6.07 Å². The number of likely N-dealkylation sites (N-methyl/N-ethyl adjacent to an activating group) is 1. The minimum Gasteiger partial charge on any atom is -0.508 e. The Balaban J connectivity index is 2.01. The van der Waals surface area contributed by atoms with Gasteiger partial charge in [0.25, 0.3) is 0 Å². The second kappa shape index (κ2) is 4.53. The molecule has 2 heterocycles. The number of hydrogen-bond donors (Lipinski definition) is 2. The third-order valence-corrected chi connectivity index (χ3v) is 4.84. The number of carboxylic acids is 1. The largest absolute Gasteiger partial charge is 0.508 e. The molecule has 4 nitrogen and oxygen atoms in total. The van der Waals surface area contributed by atoms with E-state index < -0.39 is 5.97 Å². The molecule has 0 aromatic heterocycles. The van der Waals surface area contributed by atoms with Crippen LogP contribution in [0.3, 0.4) is 0 Å². The van der Waals surface area contributed by atoms with Crippen molar-refractivity contribution in [3.63, 3.8) is 0 Å². The van der Waals surface area contributed by atoms with Crippen molar-refractivity contribution in [2.24, 2.45) is 5.92 Å². The summed E-state index contributed by atoms with van der Waals surface area (Å²) in [6, 6.07) is 7.76. The predicted octanol–water partition coefficient (Wildman–Crippen LogP) is 2.04. The molecule has 4 atom stereocenters. The van der Waals surface area contributed by atoms with Gasteiger partial charge in [0.05, 0.1) is 5.92 Å². The van der Waals surface area contributed by atoms with Gasteiger partial charge in [-0.05, 0) is 44.0 Å². The minimum atomic E-state index is -0.710. The van der Waals surface area contributed by atoms with Crippen LogP contribution >= 0.6 is 0 Å². The summed E-state index contributed by atoms with van der Waals surface area (Å²) in [5.74, 6) is -0.855. The summed E-state index contributed by atoms with van der Waals surface area (Å²) >= 11 is 0. The summed E-state index contributed by atoms with van der Waals surface area (Å²) in [5, 5.41) is 19.2. The monoisotopic (exact) mass is 261 g/mol. The Morgan fingerprint density at radius 3 is 2.84 bits per heavy atom. The number of phenols is 1. The van der Waals surface area contributed by atoms with Crippen molar-refractivity contribution < 1.29 is 15.0 Å². The molecule has 0 amide bonds. The van der Waals surface area contributed by atoms with Gasteiger partial charge in [0.15, 0.2) is 0 Å². The normalized spacial score (nSPS) is 34.4. The number of piperidine rings is 1. The van der Waals surface area contributed by atoms with Gasteiger partial charge in [0, 0.05) is 18.0 Å². The number of phenolic OH excluding ortho intramolecular Hbond substituents is 1. The zero-order valence-corrected chi connectivity index (χ0v) is 11.0. The smallest absolute Gasteiger partial charge is 0.307 e. The Morgan fingerprint density at radius 1 is 1.37 bits per heavy atom. The molecule has 2 aliphatic heterocycles. The lowest BCUT2D eigenvalue weighted by Gasteiger charge is -2.41. The molecule has 2 fully saturated rings. The van der Waals surface area contributed by atoms with E-state index in [0.717, 1.165) is 18.4 Å². The van der Waals surface area contributed by atoms with Crippen LogP contribution in [0.1, 0.15) is 30.7 Å². The van der Waals surface area contributed by atoms with Crippen LogP contribution in [0.15, 0.2) is 24.3 Å². The summed E-state index contributed by atoms with van der Waals surface area (Å²) < 4.78 is 0. The highest BCUT2D eigenvalue weighted by molar-refractivity contribution is 5.72. The summed E-state index contributed by atoms with van der Waals surface area (Å²) in [7, 11) is 2.09. The van der Waals surface area contributed by atoms with Crippen LogP contribution in [0, 0.1) is 5.92 Å². The molecule has 102 valence electrons. The Bertz CT molecular complexity index is 502. The van der Waals surface area contributed by atoms with Gasteiger partial charge in [-0.2, -0.15) is 0 Å². The molecule has 0 unspecified atom stereocenters. The van der Waals surface area contributed by atoms with Gasteiger partial charge in [-0.25, -0.2) is 0 Å². The van der Waals surface area contributed by atoms with Gasteiger partial charge in [0.2, 0.25) is 0 Å². The van der Waals surface area contributed by atoms with E-state index in [2.05, 4.69) is 11.9 Å². The topological polar surface area (TPSA) is 60.8 Å². The van der Waals surface area contributed by atoms with Crippen molar-refractivity contribution in [2.75, 3.05) is 7.05 Å². The van der Waals surface area contributed by atoms with E-state index >= 15 is 0 Å². The molecule has 0 saturated carbocycles. The second-order valence-corrected chi connectivity index (χ2v) is 5.77. The van der Waals surface area contributed by atoms with E-state index in [4.69, 9.17) is 0 Å². The molecule has 4 heteroatoms. The van der Waals surface area contributed by atoms with Gasteiger partial charge >= 0.3 is 5.97 Å². The average molecular weight is 261 g/mol. The number of rotatable bonds is 2. The van der Waals surface area contributed by atoms with Crippen LogP contribution in [0.5, 0.6) is 5.75 Å². The lowest BCUT2D eigenvalue weighted by molar-refractivity contribution is -0.145. The molecule has 3 rings (SSSR count). The van der Waals surface area contributed by atoms with Crippen molar-refractivity contribution in [2.45, 2.75) is 37.3 Å². The van der Waals surface area contributed by atoms with Crippen molar-refractivity contribution >= 4 is 5.97 Å². The third kappa shape index (κ3) is 2.00. The first-order valence-corrected chi connectivity index (χ1v) is 6.81. The maximum atomic E-state index is 11.6. The first-order chi connectivity index (χ1) is 9.08. The molecule has 2 aliphatic rings. The number of hydrogen-bond acceptors (Lipinski definition) is 3. The van der Waals surface area contributed by atoms with Gasteiger partial charge in [-0.15, -0.1) is 0 Å². The van der Waals surface area contributed by atoms with Crippen molar-refractivity contribution in [3.05, 3.63) is 29.8 Å². The summed E-state index contributed by atoms with van der Waals surface area (Å²) in [4.78, 5) is 13.9. The molecule has 2 bridgehead atoms. The molecule has 1 aromatic carbocycles. The van der Waals surface area contributed by atoms with E-state index in [9.17, 15) is 15.0 Å². The summed E-state index contributed by atoms with van der Waals surface area (Å²) in [5.41, 5.74) is 0.949. The van der Waals surface area contributed by atoms with Crippen LogP contribution in [-0.2, 0) is 4.79 Å². The first kappa shape index (κ1) is 12.5. The van der Waals surface area contributed by atoms with Crippen LogP contribution < -0.4 is 0 Å². The van der Waals surface area contributed by atoms with E-state index in [1.54, 1.807) is 18.2 Å². The molecular formula is C15H19NO3. The summed E-state index contributed by atoms with van der Waals surface area (Å²) in [6.07, 6.45) is 2.84. The number of aromatic hydroxyl groups is 1. The lowest BCUT2D eigenvalue weighted by atomic mass is 9.76. The molecular weight excluding hydrogens is 242 g/mol. The van der Waals surface area contributed by atoms with Crippen LogP contribution in [0.2, 0.25) is 0 Å². The average Bonchev–Trinajstić information content (AvgIpc) is 2.62. The number of benzene rings is 1. The fourth-order valence-corrected chi connectivity index (χ4v) is 3.91. The minimum absolute atomic E-state index is 0.0200. The predicted molar refractivity (Wildman–Crippen MR) is 71.2 cm³/mol. The lowest BCUT2D eigenvalue weighted by Crippen LogP contribution is -2.47. The van der Waals surface area contributed by atoms with Crippen molar-refractivity contribution in [1.29, 1.82) is 0 Å². The zero-order chi connectivity index (χ0) is 13.6. The second-order valence-electron chi connectivity index (χ2n) is 5.77. The SMILES string of the molecule is CN1[C@H]2CC[C@@H]1[C@@H](c1cccc(O)c1)[C@@H](C(=O)O)C2. The van der Waals surface area contributed by atoms with Crippen LogP contribution in [-0.4, -0.2) is 40.2 Å². The highest BCUT2D eigenvalue weighted by Crippen LogP contribution is 2.47. The molecule has 0 radical (unpaired) electrons. The number of nitrogens with zero attached hydrogens (tertiary/aromatic N) is 1. The van der Waals surface area contributed by atoms with E-state index in [1.165, 1.54) is 0 Å². The zero-order valence-electron chi connectivity index (χ0n) is 11.0. The summed E-state index contributed by atoms with van der Waals surface area (Å²) in [6.45, 7) is 0. The van der Waals surface area contributed by atoms with E-state index in [-0.39, 0.29) is 23.6 Å². The Labute approximate surface area is 112 Å². The third-order valence-electron chi connectivity index (χ3n) is 4.84. The van der Waals surface area contributed by atoms with Gasteiger partial charge in [0.1, 0.15) is 5.75 Å². The molecule has 2 saturated heterocycles. The molecule has 0 spiro atoms. The van der Waals surface area contributed by atoms with Gasteiger partial charge in [-0.3, -0.25) is 9.69 Å². The Hall–Kier alpha value is -1.55. The molecule has 0 aliphatic carbocycles. The Kier molecular flexibility index (Phi) is 2.97. The van der Waals surface area contributed by atoms with Gasteiger partial charge < -0.3 is 10.2 Å². The maximum absolute atomic E-state index is 11.6. The quantitative estimate of drug-likeness (QED) is 0.855. The van der Waals surface area contributed by atoms with Crippen LogP contribution in [0.25, 0.3) is 0 Å². The highest BCUT2D eigenvalue weighted by Gasteiger charge is 2.48. The highest BCUT2D eigenvalue weighted by atomic mass is 16.4. The fourth-order valence-electron chi connectivity index (χ4n) is 3.91. The molecule has 19 heavy (non-hydrogen) atoms. The number of aliphatic carboxylic acids is 1. The number of carboxylic acid groups (broad SMARTS) is 1. The number of carbonyl (C=O) groups is 1. The molecule has 1 aromatic rings. The Morgan fingerprint density at radius 2 is 2.16 bits per heavy atom. The van der Waals surface area contributed by atoms with E-state index in [0.29, 0.717) is 12.5 Å². The van der Waals surface area contributed by atoms with Crippen molar-refractivity contribution in [3.8, 4) is 5.75 Å². The molecule has 2 N–H and O–H groups in total. The fraction of sp³-hybridized carbons (Fsp3) is 0.533. The van der Waals surface area contributed by atoms with Crippen LogP contribution in [0.4, 0.5) is 0 Å². The number of fused-ring (bicyclic) bond motifs is 2. The standard InChI is InChI=1S/C15H19NO3/c1-16-10-5-6-13(16)14(12(8-10)15(18)19)9-3-2-4-11(17)7-9/h2-4,7,10,12-14,17H,5-6,8H2,1H3,(H,18,19)/t10-,12-,13+,14-/m0/s1. The van der Waals surface area contributed by atoms with Crippen molar-refractivity contribution in [1.82, 2.24) is 4.90 Å². The first-order valence-electron chi connectivity index (χ1n) is 6.81. The maximum Gasteiger partial charge on any atom is 0.307 e. The van der Waals surface area contributed by atoms with Gasteiger partial charge in [-0.1, -0.05) is 12.1 Å².